The van der Waals surface area contributed by atoms with Gasteiger partial charge in [0.2, 0.25) is 5.82 Å². The molecule has 1 heterocycles. The van der Waals surface area contributed by atoms with Gasteiger partial charge < -0.3 is 9.26 Å². The highest BCUT2D eigenvalue weighted by Gasteiger charge is 2.26. The van der Waals surface area contributed by atoms with Crippen molar-refractivity contribution in [2.45, 2.75) is 52.6 Å². The Bertz CT molecular complexity index is 1400. The minimum atomic E-state index is -3.48. The predicted octanol–water partition coefficient (Wildman–Crippen LogP) is 5.15. The van der Waals surface area contributed by atoms with Crippen LogP contribution in [0.25, 0.3) is 22.8 Å². The molecule has 2 aromatic carbocycles. The molecule has 182 valence electrons. The fourth-order valence-corrected chi connectivity index (χ4v) is 5.50. The van der Waals surface area contributed by atoms with Gasteiger partial charge in [-0.2, -0.15) is 14.6 Å². The zero-order chi connectivity index (χ0) is 25.2. The minimum Gasteiger partial charge on any atom is -0.490 e. The van der Waals surface area contributed by atoms with E-state index >= 15 is 0 Å². The summed E-state index contributed by atoms with van der Waals surface area (Å²) in [5, 5.41) is 13.7. The van der Waals surface area contributed by atoms with E-state index in [0.29, 0.717) is 28.6 Å². The van der Waals surface area contributed by atoms with E-state index in [1.165, 1.54) is 0 Å². The van der Waals surface area contributed by atoms with Crippen molar-refractivity contribution >= 4 is 16.2 Å². The van der Waals surface area contributed by atoms with Gasteiger partial charge in [-0.1, -0.05) is 37.2 Å². The molecular weight excluding hydrogens is 464 g/mol. The maximum Gasteiger partial charge on any atom is 0.258 e. The van der Waals surface area contributed by atoms with E-state index in [1.54, 1.807) is 24.4 Å². The topological polar surface area (TPSA) is 118 Å². The maximum absolute atomic E-state index is 12.2. The zero-order valence-electron chi connectivity index (χ0n) is 20.2. The molecule has 1 atom stereocenters. The van der Waals surface area contributed by atoms with Crippen LogP contribution in [0.4, 0.5) is 0 Å². The van der Waals surface area contributed by atoms with Crippen LogP contribution in [0.15, 0.2) is 45.3 Å². The molecule has 0 aliphatic heterocycles. The van der Waals surface area contributed by atoms with E-state index < -0.39 is 10.0 Å². The van der Waals surface area contributed by atoms with Gasteiger partial charge >= 0.3 is 0 Å². The molecular formula is C26H28N4O4S. The van der Waals surface area contributed by atoms with E-state index in [9.17, 15) is 13.7 Å². The van der Waals surface area contributed by atoms with Crippen LogP contribution in [0.5, 0.6) is 5.75 Å². The predicted molar refractivity (Wildman–Crippen MR) is 134 cm³/mol. The Balaban J connectivity index is 1.61. The quantitative estimate of drug-likeness (QED) is 0.399. The normalized spacial score (nSPS) is 15.6. The highest BCUT2D eigenvalue weighted by molar-refractivity contribution is 7.90. The number of rotatable bonds is 8. The van der Waals surface area contributed by atoms with Gasteiger partial charge in [-0.05, 0) is 61.9 Å². The molecule has 0 saturated carbocycles. The molecule has 0 fully saturated rings. The summed E-state index contributed by atoms with van der Waals surface area (Å²) in [5.41, 5.74) is 3.96. The second-order valence-electron chi connectivity index (χ2n) is 9.33. The smallest absolute Gasteiger partial charge is 0.258 e. The van der Waals surface area contributed by atoms with Crippen LogP contribution in [0, 0.1) is 17.2 Å². The Labute approximate surface area is 205 Å². The van der Waals surface area contributed by atoms with Gasteiger partial charge in [-0.15, -0.1) is 0 Å². The molecule has 3 aromatic rings. The van der Waals surface area contributed by atoms with Gasteiger partial charge in [0, 0.05) is 23.3 Å². The Hall–Kier alpha value is -3.51. The molecule has 0 amide bonds. The monoisotopic (exact) mass is 492 g/mol. The van der Waals surface area contributed by atoms with Crippen molar-refractivity contribution in [2.75, 3.05) is 5.75 Å². The molecule has 0 spiro atoms. The van der Waals surface area contributed by atoms with Crippen LogP contribution in [-0.4, -0.2) is 36.6 Å². The van der Waals surface area contributed by atoms with Gasteiger partial charge in [-0.25, -0.2) is 8.42 Å². The lowest BCUT2D eigenvalue weighted by molar-refractivity contribution is 0.241. The number of hydrogen-bond donors (Lipinski definition) is 0. The summed E-state index contributed by atoms with van der Waals surface area (Å²) in [6.07, 6.45) is 3.03. The highest BCUT2D eigenvalue weighted by Crippen LogP contribution is 2.38. The summed E-state index contributed by atoms with van der Waals surface area (Å²) in [6, 6.07) is 13.2. The van der Waals surface area contributed by atoms with Crippen molar-refractivity contribution in [1.29, 1.82) is 5.26 Å². The minimum absolute atomic E-state index is 0.0234. The van der Waals surface area contributed by atoms with Crippen LogP contribution in [0.1, 0.15) is 56.7 Å². The van der Waals surface area contributed by atoms with E-state index in [2.05, 4.69) is 20.6 Å². The first-order chi connectivity index (χ1) is 16.7. The molecule has 35 heavy (non-hydrogen) atoms. The van der Waals surface area contributed by atoms with Crippen molar-refractivity contribution in [1.82, 2.24) is 10.1 Å². The third-order valence-corrected chi connectivity index (χ3v) is 7.17. The molecule has 8 nitrogen and oxygen atoms in total. The highest BCUT2D eigenvalue weighted by atomic mass is 32.2. The number of nitriles is 1. The zero-order valence-corrected chi connectivity index (χ0v) is 21.0. The number of ether oxygens (including phenoxy) is 1. The molecule has 1 aliphatic rings. The fraction of sp³-hybridized carbons (Fsp3) is 0.385. The van der Waals surface area contributed by atoms with Crippen molar-refractivity contribution in [3.63, 3.8) is 0 Å². The fourth-order valence-electron chi connectivity index (χ4n) is 4.24. The maximum atomic E-state index is 12.2. The largest absolute Gasteiger partial charge is 0.490 e. The molecule has 4 rings (SSSR count). The van der Waals surface area contributed by atoms with Gasteiger partial charge in [0.1, 0.15) is 11.8 Å². The van der Waals surface area contributed by atoms with E-state index in [1.807, 2.05) is 45.9 Å². The lowest BCUT2D eigenvalue weighted by atomic mass is 9.99. The summed E-state index contributed by atoms with van der Waals surface area (Å²) in [6.45, 7) is 7.52. The molecule has 0 saturated heterocycles. The Morgan fingerprint density at radius 1 is 1.26 bits per heavy atom. The Morgan fingerprint density at radius 3 is 2.77 bits per heavy atom. The first kappa shape index (κ1) is 24.6. The second-order valence-corrected chi connectivity index (χ2v) is 11.0. The summed E-state index contributed by atoms with van der Waals surface area (Å²) < 4.78 is 39.5. The summed E-state index contributed by atoms with van der Waals surface area (Å²) >= 11 is 0. The third-order valence-electron chi connectivity index (χ3n) is 5.64. The third kappa shape index (κ3) is 5.60. The van der Waals surface area contributed by atoms with Crippen LogP contribution >= 0.6 is 0 Å². The van der Waals surface area contributed by atoms with E-state index in [4.69, 9.17) is 9.26 Å². The van der Waals surface area contributed by atoms with Gasteiger partial charge in [0.05, 0.1) is 17.4 Å². The summed E-state index contributed by atoms with van der Waals surface area (Å²) in [5.74, 6) is 1.24. The average Bonchev–Trinajstić information content (AvgIpc) is 3.44. The number of benzene rings is 2. The number of fused-ring (bicyclic) bond motifs is 1. The van der Waals surface area contributed by atoms with Crippen LogP contribution in [-0.2, 0) is 16.4 Å². The SMILES string of the molecule is CC(C)CS(=O)(=O)N=CC1CCc2c(-c3noc(-c4ccc(OC(C)C)c(C#N)c4)n3)cccc21. The van der Waals surface area contributed by atoms with Crippen molar-refractivity contribution < 1.29 is 17.7 Å². The lowest BCUT2D eigenvalue weighted by Crippen LogP contribution is -2.09. The summed E-state index contributed by atoms with van der Waals surface area (Å²) in [4.78, 5) is 4.58. The van der Waals surface area contributed by atoms with Crippen molar-refractivity contribution in [2.24, 2.45) is 10.3 Å². The molecule has 1 aliphatic carbocycles. The van der Waals surface area contributed by atoms with E-state index in [-0.39, 0.29) is 23.7 Å². The van der Waals surface area contributed by atoms with Gasteiger partial charge in [-0.3, -0.25) is 0 Å². The van der Waals surface area contributed by atoms with Crippen LogP contribution in [0.2, 0.25) is 0 Å². The Morgan fingerprint density at radius 2 is 2.06 bits per heavy atom. The lowest BCUT2D eigenvalue weighted by Gasteiger charge is -2.11. The first-order valence-corrected chi connectivity index (χ1v) is 13.2. The Kier molecular flexibility index (Phi) is 7.03. The van der Waals surface area contributed by atoms with Crippen molar-refractivity contribution in [3.05, 3.63) is 53.1 Å². The van der Waals surface area contributed by atoms with E-state index in [0.717, 1.165) is 29.5 Å². The van der Waals surface area contributed by atoms with Crippen LogP contribution < -0.4 is 4.74 Å². The van der Waals surface area contributed by atoms with Gasteiger partial charge in [0.15, 0.2) is 0 Å². The molecule has 9 heteroatoms. The number of sulfonamides is 1. The molecule has 1 aromatic heterocycles. The van der Waals surface area contributed by atoms with Crippen molar-refractivity contribution in [3.8, 4) is 34.7 Å². The standard InChI is InChI=1S/C26H28N4O4S/c1-16(2)15-35(31,32)28-14-19-8-10-22-21(19)6-5-7-23(22)25-29-26(34-30-25)18-9-11-24(33-17(3)4)20(12-18)13-27/h5-7,9,11-12,14,16-17,19H,8,10,15H2,1-4H3. The first-order valence-electron chi connectivity index (χ1n) is 11.6. The van der Waals surface area contributed by atoms with Gasteiger partial charge in [0.25, 0.3) is 15.9 Å². The molecule has 0 N–H and O–H groups in total. The number of aromatic nitrogens is 2. The second kappa shape index (κ2) is 10.0. The average molecular weight is 493 g/mol. The number of nitrogens with zero attached hydrogens (tertiary/aromatic N) is 4. The molecule has 1 unspecified atom stereocenters. The molecule has 0 radical (unpaired) electrons. The number of hydrogen-bond acceptors (Lipinski definition) is 7. The van der Waals surface area contributed by atoms with Crippen LogP contribution in [0.3, 0.4) is 0 Å². The molecule has 0 bridgehead atoms. The summed E-state index contributed by atoms with van der Waals surface area (Å²) in [7, 11) is -3.48.